The second-order valence-electron chi connectivity index (χ2n) is 5.27. The molecule has 0 amide bonds. The maximum Gasteiger partial charge on any atom is 0.291 e. The minimum atomic E-state index is -0.124. The zero-order chi connectivity index (χ0) is 15.8. The number of fused-ring (bicyclic) bond motifs is 1. The van der Waals surface area contributed by atoms with Crippen LogP contribution in [0.1, 0.15) is 11.1 Å². The predicted octanol–water partition coefficient (Wildman–Crippen LogP) is 2.67. The van der Waals surface area contributed by atoms with Gasteiger partial charge in [-0.3, -0.25) is 4.79 Å². The van der Waals surface area contributed by atoms with E-state index in [0.717, 1.165) is 16.7 Å². The molecular formula is C18H13N3OS. The molecule has 0 spiro atoms. The highest BCUT2D eigenvalue weighted by atomic mass is 32.1. The molecule has 4 rings (SSSR count). The molecule has 2 aromatic heterocycles. The molecule has 0 saturated carbocycles. The normalized spacial score (nSPS) is 12.1. The molecule has 0 fully saturated rings. The summed E-state index contributed by atoms with van der Waals surface area (Å²) in [6.45, 7) is 2.01. The van der Waals surface area contributed by atoms with E-state index >= 15 is 0 Å². The fourth-order valence-electron chi connectivity index (χ4n) is 2.47. The van der Waals surface area contributed by atoms with Crippen LogP contribution in [0.3, 0.4) is 0 Å². The van der Waals surface area contributed by atoms with Gasteiger partial charge >= 0.3 is 0 Å². The number of thiazole rings is 1. The first kappa shape index (κ1) is 13.8. The van der Waals surface area contributed by atoms with Gasteiger partial charge < -0.3 is 0 Å². The highest BCUT2D eigenvalue weighted by Gasteiger charge is 2.12. The van der Waals surface area contributed by atoms with Crippen LogP contribution in [-0.2, 0) is 0 Å². The minimum absolute atomic E-state index is 0.124. The lowest BCUT2D eigenvalue weighted by Crippen LogP contribution is -2.23. The summed E-state index contributed by atoms with van der Waals surface area (Å²) in [6, 6.07) is 17.7. The lowest BCUT2D eigenvalue weighted by molar-refractivity contribution is 0.936. The molecule has 4 nitrogen and oxygen atoms in total. The highest BCUT2D eigenvalue weighted by Crippen LogP contribution is 2.20. The third-order valence-electron chi connectivity index (χ3n) is 3.67. The highest BCUT2D eigenvalue weighted by molar-refractivity contribution is 7.15. The number of hydrogen-bond donors (Lipinski definition) is 0. The van der Waals surface area contributed by atoms with Gasteiger partial charge in [0.2, 0.25) is 4.96 Å². The SMILES string of the molecule is Cc1ccccc1-c1nc2s/c(=C/c3ccccc3)c(=O)n2n1. The van der Waals surface area contributed by atoms with E-state index in [-0.39, 0.29) is 5.56 Å². The van der Waals surface area contributed by atoms with Crippen molar-refractivity contribution < 1.29 is 0 Å². The van der Waals surface area contributed by atoms with Crippen LogP contribution in [0.2, 0.25) is 0 Å². The average molecular weight is 319 g/mol. The second-order valence-corrected chi connectivity index (χ2v) is 6.28. The number of aryl methyl sites for hydroxylation is 1. The standard InChI is InChI=1S/C18H13N3OS/c1-12-7-5-6-10-14(12)16-19-18-21(20-16)17(22)15(23-18)11-13-8-3-2-4-9-13/h2-11H,1H3/b15-11+. The lowest BCUT2D eigenvalue weighted by atomic mass is 10.1. The molecule has 0 atom stereocenters. The average Bonchev–Trinajstić information content (AvgIpc) is 3.09. The predicted molar refractivity (Wildman–Crippen MR) is 92.5 cm³/mol. The molecule has 23 heavy (non-hydrogen) atoms. The molecule has 5 heteroatoms. The van der Waals surface area contributed by atoms with Crippen LogP contribution in [0.25, 0.3) is 22.4 Å². The smallest absolute Gasteiger partial charge is 0.266 e. The van der Waals surface area contributed by atoms with E-state index in [4.69, 9.17) is 0 Å². The van der Waals surface area contributed by atoms with Gasteiger partial charge in [0.15, 0.2) is 5.82 Å². The molecule has 2 heterocycles. The minimum Gasteiger partial charge on any atom is -0.266 e. The van der Waals surface area contributed by atoms with E-state index in [9.17, 15) is 4.79 Å². The fraction of sp³-hybridized carbons (Fsp3) is 0.0556. The van der Waals surface area contributed by atoms with Crippen molar-refractivity contribution in [3.8, 4) is 11.4 Å². The summed E-state index contributed by atoms with van der Waals surface area (Å²) in [4.78, 5) is 17.6. The molecule has 4 aromatic rings. The summed E-state index contributed by atoms with van der Waals surface area (Å²) in [6.07, 6.45) is 1.87. The molecule has 0 N–H and O–H groups in total. The van der Waals surface area contributed by atoms with Crippen molar-refractivity contribution in [2.75, 3.05) is 0 Å². The Bertz CT molecular complexity index is 1100. The molecule has 0 unspecified atom stereocenters. The molecule has 2 aromatic carbocycles. The van der Waals surface area contributed by atoms with Crippen LogP contribution in [0.4, 0.5) is 0 Å². The van der Waals surface area contributed by atoms with E-state index in [0.29, 0.717) is 15.3 Å². The van der Waals surface area contributed by atoms with Crippen molar-refractivity contribution in [1.29, 1.82) is 0 Å². The van der Waals surface area contributed by atoms with Crippen molar-refractivity contribution in [2.45, 2.75) is 6.92 Å². The van der Waals surface area contributed by atoms with Crippen LogP contribution in [0, 0.1) is 6.92 Å². The molecule has 0 bridgehead atoms. The summed E-state index contributed by atoms with van der Waals surface area (Å²) in [5.74, 6) is 0.595. The van der Waals surface area contributed by atoms with Crippen molar-refractivity contribution in [3.63, 3.8) is 0 Å². The van der Waals surface area contributed by atoms with Crippen molar-refractivity contribution in [2.24, 2.45) is 0 Å². The molecule has 0 aliphatic heterocycles. The monoisotopic (exact) mass is 319 g/mol. The van der Waals surface area contributed by atoms with Gasteiger partial charge in [-0.15, -0.1) is 5.10 Å². The topological polar surface area (TPSA) is 47.3 Å². The summed E-state index contributed by atoms with van der Waals surface area (Å²) < 4.78 is 2.03. The zero-order valence-corrected chi connectivity index (χ0v) is 13.2. The Morgan fingerprint density at radius 3 is 2.52 bits per heavy atom. The fourth-order valence-corrected chi connectivity index (χ4v) is 3.38. The Kier molecular flexibility index (Phi) is 3.28. The van der Waals surface area contributed by atoms with E-state index in [1.54, 1.807) is 0 Å². The first-order valence-electron chi connectivity index (χ1n) is 7.25. The Morgan fingerprint density at radius 2 is 1.78 bits per heavy atom. The summed E-state index contributed by atoms with van der Waals surface area (Å²) in [5, 5.41) is 4.39. The Balaban J connectivity index is 1.86. The van der Waals surface area contributed by atoms with Crippen LogP contribution in [-0.4, -0.2) is 14.6 Å². The Labute approximate surface area is 136 Å². The quantitative estimate of drug-likeness (QED) is 0.571. The largest absolute Gasteiger partial charge is 0.291 e. The van der Waals surface area contributed by atoms with Gasteiger partial charge in [-0.05, 0) is 24.1 Å². The lowest BCUT2D eigenvalue weighted by Gasteiger charge is -1.98. The third kappa shape index (κ3) is 2.45. The Morgan fingerprint density at radius 1 is 1.04 bits per heavy atom. The second kappa shape index (κ2) is 5.44. The van der Waals surface area contributed by atoms with Gasteiger partial charge in [0.25, 0.3) is 5.56 Å². The van der Waals surface area contributed by atoms with E-state index in [1.165, 1.54) is 15.9 Å². The molecule has 0 radical (unpaired) electrons. The van der Waals surface area contributed by atoms with Gasteiger partial charge in [0.05, 0.1) is 4.53 Å². The van der Waals surface area contributed by atoms with Crippen LogP contribution < -0.4 is 10.1 Å². The summed E-state index contributed by atoms with van der Waals surface area (Å²) >= 11 is 1.36. The molecule has 112 valence electrons. The van der Waals surface area contributed by atoms with Gasteiger partial charge in [-0.2, -0.15) is 9.50 Å². The maximum absolute atomic E-state index is 12.5. The maximum atomic E-state index is 12.5. The van der Waals surface area contributed by atoms with Gasteiger partial charge in [0.1, 0.15) is 0 Å². The van der Waals surface area contributed by atoms with E-state index in [2.05, 4.69) is 10.1 Å². The molecule has 0 aliphatic rings. The van der Waals surface area contributed by atoms with Gasteiger partial charge in [0, 0.05) is 5.56 Å². The van der Waals surface area contributed by atoms with E-state index < -0.39 is 0 Å². The third-order valence-corrected chi connectivity index (χ3v) is 4.62. The zero-order valence-electron chi connectivity index (χ0n) is 12.4. The summed E-state index contributed by atoms with van der Waals surface area (Å²) in [5.41, 5.74) is 2.92. The van der Waals surface area contributed by atoms with E-state index in [1.807, 2.05) is 67.6 Å². The number of nitrogens with zero attached hydrogens (tertiary/aromatic N) is 3. The van der Waals surface area contributed by atoms with Crippen molar-refractivity contribution in [1.82, 2.24) is 14.6 Å². The number of hydrogen-bond acceptors (Lipinski definition) is 4. The van der Waals surface area contributed by atoms with Crippen molar-refractivity contribution >= 4 is 22.4 Å². The van der Waals surface area contributed by atoms with Crippen LogP contribution >= 0.6 is 11.3 Å². The molecule has 0 saturated heterocycles. The molecular weight excluding hydrogens is 306 g/mol. The van der Waals surface area contributed by atoms with Crippen molar-refractivity contribution in [3.05, 3.63) is 80.6 Å². The molecule has 0 aliphatic carbocycles. The first-order valence-corrected chi connectivity index (χ1v) is 8.06. The van der Waals surface area contributed by atoms with Gasteiger partial charge in [-0.25, -0.2) is 0 Å². The van der Waals surface area contributed by atoms with Gasteiger partial charge in [-0.1, -0.05) is 65.9 Å². The summed E-state index contributed by atoms with van der Waals surface area (Å²) in [7, 11) is 0. The first-order chi connectivity index (χ1) is 11.2. The number of rotatable bonds is 2. The number of benzene rings is 2. The van der Waals surface area contributed by atoms with Crippen LogP contribution in [0.15, 0.2) is 59.4 Å². The Hall–Kier alpha value is -2.79. The van der Waals surface area contributed by atoms with Crippen LogP contribution in [0.5, 0.6) is 0 Å². The number of aromatic nitrogens is 3.